The molecule has 17 heavy (non-hydrogen) atoms. The zero-order valence-electron chi connectivity index (χ0n) is 11.8. The van der Waals surface area contributed by atoms with Crippen LogP contribution in [0.1, 0.15) is 52.2 Å². The predicted molar refractivity (Wildman–Crippen MR) is 75.5 cm³/mol. The highest BCUT2D eigenvalue weighted by molar-refractivity contribution is 5.63. The second-order valence-electron chi connectivity index (χ2n) is 5.57. The van der Waals surface area contributed by atoms with Crippen LogP contribution in [0.2, 0.25) is 0 Å². The van der Waals surface area contributed by atoms with E-state index in [0.717, 1.165) is 24.2 Å². The average Bonchev–Trinajstić information content (AvgIpc) is 2.18. The first kappa shape index (κ1) is 13.8. The molecule has 0 saturated heterocycles. The van der Waals surface area contributed by atoms with E-state index in [1.165, 1.54) is 11.1 Å². The van der Waals surface area contributed by atoms with Gasteiger partial charge in [0, 0.05) is 0 Å². The first-order valence-corrected chi connectivity index (χ1v) is 6.31. The Morgan fingerprint density at radius 3 is 2.41 bits per heavy atom. The molecule has 0 heterocycles. The molecule has 1 nitrogen and oxygen atoms in total. The molecule has 0 N–H and O–H groups in total. The van der Waals surface area contributed by atoms with Gasteiger partial charge in [-0.1, -0.05) is 31.6 Å². The largest absolute Gasteiger partial charge is 0.488 e. The minimum absolute atomic E-state index is 0.146. The summed E-state index contributed by atoms with van der Waals surface area (Å²) < 4.78 is 5.99. The van der Waals surface area contributed by atoms with Crippen LogP contribution < -0.4 is 4.74 Å². The zero-order valence-corrected chi connectivity index (χ0v) is 11.8. The standard InChI is InChI=1S/C16H24O/c1-7-8-14-11-13(12(2)3)9-10-15(14)17-16(4,5)6/h9-11H,2,7-8H2,1,3-6H3. The number of hydrogen-bond acceptors (Lipinski definition) is 1. The van der Waals surface area contributed by atoms with Gasteiger partial charge in [-0.3, -0.25) is 0 Å². The monoisotopic (exact) mass is 232 g/mol. The molecule has 0 atom stereocenters. The Hall–Kier alpha value is -1.24. The van der Waals surface area contributed by atoms with Crippen LogP contribution in [0.15, 0.2) is 24.8 Å². The van der Waals surface area contributed by atoms with Gasteiger partial charge < -0.3 is 4.74 Å². The van der Waals surface area contributed by atoms with E-state index in [1.54, 1.807) is 0 Å². The van der Waals surface area contributed by atoms with E-state index in [1.807, 2.05) is 6.92 Å². The molecule has 1 heteroatoms. The highest BCUT2D eigenvalue weighted by atomic mass is 16.5. The third kappa shape index (κ3) is 4.26. The van der Waals surface area contributed by atoms with Crippen LogP contribution in [-0.2, 0) is 6.42 Å². The number of ether oxygens (including phenoxy) is 1. The smallest absolute Gasteiger partial charge is 0.123 e. The summed E-state index contributed by atoms with van der Waals surface area (Å²) >= 11 is 0. The van der Waals surface area contributed by atoms with E-state index in [9.17, 15) is 0 Å². The topological polar surface area (TPSA) is 9.23 Å². The van der Waals surface area contributed by atoms with Crippen molar-refractivity contribution in [1.29, 1.82) is 0 Å². The van der Waals surface area contributed by atoms with Crippen LogP contribution in [0.5, 0.6) is 5.75 Å². The Morgan fingerprint density at radius 1 is 1.29 bits per heavy atom. The third-order valence-corrected chi connectivity index (χ3v) is 2.49. The molecule has 0 aliphatic rings. The number of benzene rings is 1. The van der Waals surface area contributed by atoms with Crippen molar-refractivity contribution in [2.45, 2.75) is 53.1 Å². The van der Waals surface area contributed by atoms with Gasteiger partial charge in [-0.15, -0.1) is 0 Å². The van der Waals surface area contributed by atoms with Gasteiger partial charge in [-0.2, -0.15) is 0 Å². The highest BCUT2D eigenvalue weighted by Gasteiger charge is 2.14. The minimum atomic E-state index is -0.146. The average molecular weight is 232 g/mol. The molecule has 1 rings (SSSR count). The summed E-state index contributed by atoms with van der Waals surface area (Å²) in [6.45, 7) is 14.5. The van der Waals surface area contributed by atoms with E-state index in [0.29, 0.717) is 0 Å². The molecule has 0 bridgehead atoms. The first-order valence-electron chi connectivity index (χ1n) is 6.31. The fraction of sp³-hybridized carbons (Fsp3) is 0.500. The van der Waals surface area contributed by atoms with E-state index in [4.69, 9.17) is 4.74 Å². The summed E-state index contributed by atoms with van der Waals surface area (Å²) in [5.41, 5.74) is 3.44. The molecule has 94 valence electrons. The molecule has 0 aliphatic heterocycles. The van der Waals surface area contributed by atoms with Crippen LogP contribution in [0.25, 0.3) is 5.57 Å². The lowest BCUT2D eigenvalue weighted by Crippen LogP contribution is -2.23. The summed E-state index contributed by atoms with van der Waals surface area (Å²) in [4.78, 5) is 0. The van der Waals surface area contributed by atoms with Crippen molar-refractivity contribution in [3.8, 4) is 5.75 Å². The molecule has 1 aromatic rings. The Labute approximate surface area is 106 Å². The molecule has 0 saturated carbocycles. The molecule has 1 aromatic carbocycles. The second kappa shape index (κ2) is 5.39. The molecular formula is C16H24O. The normalized spacial score (nSPS) is 11.4. The van der Waals surface area contributed by atoms with Crippen molar-refractivity contribution in [3.63, 3.8) is 0 Å². The van der Waals surface area contributed by atoms with Gasteiger partial charge in [0.25, 0.3) is 0 Å². The van der Waals surface area contributed by atoms with Gasteiger partial charge in [-0.25, -0.2) is 0 Å². The van der Waals surface area contributed by atoms with Gasteiger partial charge in [0.1, 0.15) is 11.4 Å². The SMILES string of the molecule is C=C(C)c1ccc(OC(C)(C)C)c(CCC)c1. The lowest BCUT2D eigenvalue weighted by atomic mass is 10.0. The molecule has 0 fully saturated rings. The van der Waals surface area contributed by atoms with Crippen LogP contribution in [-0.4, -0.2) is 5.60 Å². The number of hydrogen-bond donors (Lipinski definition) is 0. The number of aryl methyl sites for hydroxylation is 1. The Balaban J connectivity index is 3.08. The number of rotatable bonds is 4. The third-order valence-electron chi connectivity index (χ3n) is 2.49. The first-order chi connectivity index (χ1) is 7.83. The van der Waals surface area contributed by atoms with Crippen molar-refractivity contribution >= 4 is 5.57 Å². The van der Waals surface area contributed by atoms with Crippen LogP contribution in [0.3, 0.4) is 0 Å². The van der Waals surface area contributed by atoms with Crippen molar-refractivity contribution in [2.24, 2.45) is 0 Å². The summed E-state index contributed by atoms with van der Waals surface area (Å²) in [7, 11) is 0. The van der Waals surface area contributed by atoms with E-state index in [-0.39, 0.29) is 5.60 Å². The van der Waals surface area contributed by atoms with E-state index < -0.39 is 0 Å². The molecule has 0 aliphatic carbocycles. The predicted octanol–water partition coefficient (Wildman–Crippen LogP) is 4.85. The van der Waals surface area contributed by atoms with E-state index in [2.05, 4.69) is 52.5 Å². The number of allylic oxidation sites excluding steroid dienone is 1. The second-order valence-corrected chi connectivity index (χ2v) is 5.57. The molecule has 0 spiro atoms. The summed E-state index contributed by atoms with van der Waals surface area (Å²) in [5, 5.41) is 0. The summed E-state index contributed by atoms with van der Waals surface area (Å²) in [6.07, 6.45) is 2.17. The fourth-order valence-electron chi connectivity index (χ4n) is 1.74. The molecule has 0 unspecified atom stereocenters. The van der Waals surface area contributed by atoms with Crippen molar-refractivity contribution < 1.29 is 4.74 Å². The Kier molecular flexibility index (Phi) is 4.39. The lowest BCUT2D eigenvalue weighted by Gasteiger charge is -2.23. The van der Waals surface area contributed by atoms with Crippen LogP contribution in [0.4, 0.5) is 0 Å². The molecule has 0 amide bonds. The minimum Gasteiger partial charge on any atom is -0.488 e. The van der Waals surface area contributed by atoms with Gasteiger partial charge in [-0.05, 0) is 57.4 Å². The summed E-state index contributed by atoms with van der Waals surface area (Å²) in [5.74, 6) is 1.00. The molecular weight excluding hydrogens is 208 g/mol. The zero-order chi connectivity index (χ0) is 13.1. The summed E-state index contributed by atoms with van der Waals surface area (Å²) in [6, 6.07) is 6.36. The van der Waals surface area contributed by atoms with Gasteiger partial charge >= 0.3 is 0 Å². The van der Waals surface area contributed by atoms with Gasteiger partial charge in [0.15, 0.2) is 0 Å². The molecule has 0 radical (unpaired) electrons. The fourth-order valence-corrected chi connectivity index (χ4v) is 1.74. The van der Waals surface area contributed by atoms with Crippen molar-refractivity contribution in [2.75, 3.05) is 0 Å². The maximum Gasteiger partial charge on any atom is 0.123 e. The van der Waals surface area contributed by atoms with Gasteiger partial charge in [0.05, 0.1) is 0 Å². The van der Waals surface area contributed by atoms with Crippen LogP contribution >= 0.6 is 0 Å². The maximum absolute atomic E-state index is 5.99. The highest BCUT2D eigenvalue weighted by Crippen LogP contribution is 2.27. The van der Waals surface area contributed by atoms with E-state index >= 15 is 0 Å². The van der Waals surface area contributed by atoms with Crippen molar-refractivity contribution in [1.82, 2.24) is 0 Å². The quantitative estimate of drug-likeness (QED) is 0.721. The molecule has 0 aromatic heterocycles. The van der Waals surface area contributed by atoms with Gasteiger partial charge in [0.2, 0.25) is 0 Å². The lowest BCUT2D eigenvalue weighted by molar-refractivity contribution is 0.129. The Bertz CT molecular complexity index is 396. The maximum atomic E-state index is 5.99. The van der Waals surface area contributed by atoms with Crippen LogP contribution in [0, 0.1) is 0 Å². The Morgan fingerprint density at radius 2 is 1.94 bits per heavy atom. The van der Waals surface area contributed by atoms with Crippen molar-refractivity contribution in [3.05, 3.63) is 35.9 Å².